The van der Waals surface area contributed by atoms with Crippen LogP contribution in [0.15, 0.2) is 4.52 Å². The largest absolute Gasteiger partial charge is 0.405 e. The SMILES string of the molecule is CCc1noc([C@H](C)N2CCC(C(=O)NCC(F)(F)F)CC2)n1. The number of carbonyl (C=O) groups excluding carboxylic acids is 1. The number of rotatable bonds is 5. The second-order valence-corrected chi connectivity index (χ2v) is 5.72. The van der Waals surface area contributed by atoms with Gasteiger partial charge in [-0.05, 0) is 32.9 Å². The molecule has 1 atom stereocenters. The topological polar surface area (TPSA) is 71.3 Å². The third-order valence-corrected chi connectivity index (χ3v) is 4.07. The van der Waals surface area contributed by atoms with Crippen molar-refractivity contribution in [2.24, 2.45) is 5.92 Å². The van der Waals surface area contributed by atoms with Crippen LogP contribution in [0.3, 0.4) is 0 Å². The Kier molecular flexibility index (Phi) is 5.61. The van der Waals surface area contributed by atoms with Crippen molar-refractivity contribution in [2.75, 3.05) is 19.6 Å². The average Bonchev–Trinajstić information content (AvgIpc) is 3.00. The van der Waals surface area contributed by atoms with E-state index in [-0.39, 0.29) is 12.0 Å². The molecule has 6 nitrogen and oxygen atoms in total. The highest BCUT2D eigenvalue weighted by Crippen LogP contribution is 2.26. The smallest absolute Gasteiger partial charge is 0.347 e. The molecule has 0 aromatic carbocycles. The van der Waals surface area contributed by atoms with Crippen LogP contribution in [0.5, 0.6) is 0 Å². The Balaban J connectivity index is 1.82. The maximum Gasteiger partial charge on any atom is 0.405 e. The van der Waals surface area contributed by atoms with Crippen molar-refractivity contribution < 1.29 is 22.5 Å². The highest BCUT2D eigenvalue weighted by atomic mass is 19.4. The average molecular weight is 334 g/mol. The van der Waals surface area contributed by atoms with E-state index in [1.54, 1.807) is 0 Å². The van der Waals surface area contributed by atoms with Crippen molar-refractivity contribution in [3.8, 4) is 0 Å². The Labute approximate surface area is 132 Å². The van der Waals surface area contributed by atoms with Crippen LogP contribution in [0.1, 0.15) is 44.4 Å². The van der Waals surface area contributed by atoms with Crippen LogP contribution < -0.4 is 5.32 Å². The lowest BCUT2D eigenvalue weighted by atomic mass is 9.95. The molecule has 0 aliphatic carbocycles. The number of piperidine rings is 1. The minimum atomic E-state index is -4.38. The molecule has 1 aliphatic heterocycles. The fourth-order valence-corrected chi connectivity index (χ4v) is 2.62. The van der Waals surface area contributed by atoms with Gasteiger partial charge in [-0.25, -0.2) is 0 Å². The van der Waals surface area contributed by atoms with Crippen LogP contribution in [-0.4, -0.2) is 46.8 Å². The summed E-state index contributed by atoms with van der Waals surface area (Å²) in [5.41, 5.74) is 0. The van der Waals surface area contributed by atoms with Gasteiger partial charge in [0.1, 0.15) is 6.54 Å². The number of aromatic nitrogens is 2. The van der Waals surface area contributed by atoms with Crippen molar-refractivity contribution in [1.29, 1.82) is 0 Å². The molecule has 2 heterocycles. The summed E-state index contributed by atoms with van der Waals surface area (Å²) in [7, 11) is 0. The van der Waals surface area contributed by atoms with E-state index < -0.39 is 18.6 Å². The van der Waals surface area contributed by atoms with Gasteiger partial charge in [0.25, 0.3) is 0 Å². The standard InChI is InChI=1S/C14H21F3N4O2/c1-3-11-19-13(23-20-11)9(2)21-6-4-10(5-7-21)12(22)18-8-14(15,16)17/h9-10H,3-8H2,1-2H3,(H,18,22)/t9-/m0/s1. The van der Waals surface area contributed by atoms with Gasteiger partial charge in [-0.3, -0.25) is 9.69 Å². The number of alkyl halides is 3. The zero-order valence-electron chi connectivity index (χ0n) is 13.2. The first-order chi connectivity index (χ1) is 10.8. The Morgan fingerprint density at radius 1 is 1.43 bits per heavy atom. The lowest BCUT2D eigenvalue weighted by Gasteiger charge is -2.33. The van der Waals surface area contributed by atoms with Gasteiger partial charge in [-0.15, -0.1) is 0 Å². The molecule has 23 heavy (non-hydrogen) atoms. The van der Waals surface area contributed by atoms with Crippen molar-refractivity contribution >= 4 is 5.91 Å². The fraction of sp³-hybridized carbons (Fsp3) is 0.786. The number of hydrogen-bond donors (Lipinski definition) is 1. The summed E-state index contributed by atoms with van der Waals surface area (Å²) < 4.78 is 41.6. The van der Waals surface area contributed by atoms with E-state index in [0.29, 0.717) is 44.1 Å². The van der Waals surface area contributed by atoms with Gasteiger partial charge in [-0.1, -0.05) is 12.1 Å². The van der Waals surface area contributed by atoms with Crippen molar-refractivity contribution in [3.05, 3.63) is 11.7 Å². The van der Waals surface area contributed by atoms with Gasteiger partial charge < -0.3 is 9.84 Å². The minimum Gasteiger partial charge on any atom is -0.347 e. The van der Waals surface area contributed by atoms with Gasteiger partial charge in [0.15, 0.2) is 5.82 Å². The van der Waals surface area contributed by atoms with Gasteiger partial charge in [0, 0.05) is 12.3 Å². The van der Waals surface area contributed by atoms with Gasteiger partial charge in [-0.2, -0.15) is 18.2 Å². The molecule has 0 radical (unpaired) electrons. The zero-order chi connectivity index (χ0) is 17.0. The van der Waals surface area contributed by atoms with E-state index in [4.69, 9.17) is 4.52 Å². The molecule has 9 heteroatoms. The van der Waals surface area contributed by atoms with E-state index in [2.05, 4.69) is 15.0 Å². The molecule has 1 fully saturated rings. The molecule has 1 aliphatic rings. The van der Waals surface area contributed by atoms with E-state index >= 15 is 0 Å². The summed E-state index contributed by atoms with van der Waals surface area (Å²) in [5, 5.41) is 5.81. The van der Waals surface area contributed by atoms with Gasteiger partial charge in [0.2, 0.25) is 11.8 Å². The summed E-state index contributed by atoms with van der Waals surface area (Å²) in [6.45, 7) is 3.82. The first-order valence-corrected chi connectivity index (χ1v) is 7.71. The molecule has 0 unspecified atom stereocenters. The third-order valence-electron chi connectivity index (χ3n) is 4.07. The second-order valence-electron chi connectivity index (χ2n) is 5.72. The summed E-state index contributed by atoms with van der Waals surface area (Å²) in [5.74, 6) is 0.269. The number of likely N-dealkylation sites (tertiary alicyclic amines) is 1. The number of nitrogens with one attached hydrogen (secondary N) is 1. The number of aryl methyl sites for hydroxylation is 1. The number of nitrogens with zero attached hydrogens (tertiary/aromatic N) is 3. The molecule has 0 spiro atoms. The predicted octanol–water partition coefficient (Wildman–Crippen LogP) is 2.08. The monoisotopic (exact) mass is 334 g/mol. The Morgan fingerprint density at radius 3 is 2.61 bits per heavy atom. The lowest BCUT2D eigenvalue weighted by Crippen LogP contribution is -2.43. The number of hydrogen-bond acceptors (Lipinski definition) is 5. The molecule has 1 aromatic heterocycles. The first-order valence-electron chi connectivity index (χ1n) is 7.71. The zero-order valence-corrected chi connectivity index (χ0v) is 13.2. The van der Waals surface area contributed by atoms with Crippen LogP contribution in [0.2, 0.25) is 0 Å². The maximum absolute atomic E-state index is 12.1. The molecular weight excluding hydrogens is 313 g/mol. The van der Waals surface area contributed by atoms with Crippen molar-refractivity contribution in [1.82, 2.24) is 20.4 Å². The van der Waals surface area contributed by atoms with Gasteiger partial charge >= 0.3 is 6.18 Å². The normalized spacial score (nSPS) is 18.8. The van der Waals surface area contributed by atoms with Crippen molar-refractivity contribution in [2.45, 2.75) is 45.3 Å². The molecule has 0 bridgehead atoms. The molecule has 1 N–H and O–H groups in total. The summed E-state index contributed by atoms with van der Waals surface area (Å²) >= 11 is 0. The molecule has 1 saturated heterocycles. The molecule has 0 saturated carbocycles. The Bertz CT molecular complexity index is 524. The van der Waals surface area contributed by atoms with Crippen LogP contribution in [0.25, 0.3) is 0 Å². The van der Waals surface area contributed by atoms with E-state index in [1.807, 2.05) is 19.2 Å². The van der Waals surface area contributed by atoms with E-state index in [0.717, 1.165) is 0 Å². The van der Waals surface area contributed by atoms with Crippen LogP contribution in [0, 0.1) is 5.92 Å². The molecular formula is C14H21F3N4O2. The number of halogens is 3. The number of carbonyl (C=O) groups is 1. The highest BCUT2D eigenvalue weighted by molar-refractivity contribution is 5.78. The number of amides is 1. The maximum atomic E-state index is 12.1. The molecule has 2 rings (SSSR count). The quantitative estimate of drug-likeness (QED) is 0.893. The van der Waals surface area contributed by atoms with Crippen LogP contribution in [0.4, 0.5) is 13.2 Å². The fourth-order valence-electron chi connectivity index (χ4n) is 2.62. The second kappa shape index (κ2) is 7.29. The Morgan fingerprint density at radius 2 is 2.09 bits per heavy atom. The third kappa shape index (κ3) is 4.92. The minimum absolute atomic E-state index is 0.0676. The molecule has 130 valence electrons. The summed E-state index contributed by atoms with van der Waals surface area (Å²) in [4.78, 5) is 18.2. The summed E-state index contributed by atoms with van der Waals surface area (Å²) in [6.07, 6.45) is -2.65. The highest BCUT2D eigenvalue weighted by Gasteiger charge is 2.32. The molecule has 1 aromatic rings. The van der Waals surface area contributed by atoms with E-state index in [1.165, 1.54) is 0 Å². The van der Waals surface area contributed by atoms with E-state index in [9.17, 15) is 18.0 Å². The first kappa shape index (κ1) is 17.7. The molecule has 1 amide bonds. The summed E-state index contributed by atoms with van der Waals surface area (Å²) in [6, 6.07) is -0.0676. The van der Waals surface area contributed by atoms with Crippen LogP contribution >= 0.6 is 0 Å². The Hall–Kier alpha value is -1.64. The lowest BCUT2D eigenvalue weighted by molar-refractivity contribution is -0.141. The van der Waals surface area contributed by atoms with Crippen LogP contribution in [-0.2, 0) is 11.2 Å². The predicted molar refractivity (Wildman–Crippen MR) is 75.5 cm³/mol. The van der Waals surface area contributed by atoms with Gasteiger partial charge in [0.05, 0.1) is 6.04 Å². The van der Waals surface area contributed by atoms with Crippen molar-refractivity contribution in [3.63, 3.8) is 0 Å².